The number of amides is 1. The molecule has 0 saturated carbocycles. The number of halogens is 1. The SMILES string of the molecule is CC(C)CNS(=O)(=O)c1ccc(CCC(=O)Nc2ccc(I)cc2)cc1. The van der Waals surface area contributed by atoms with E-state index in [1.54, 1.807) is 24.3 Å². The number of sulfonamides is 1. The maximum Gasteiger partial charge on any atom is 0.240 e. The van der Waals surface area contributed by atoms with E-state index in [-0.39, 0.29) is 16.7 Å². The van der Waals surface area contributed by atoms with Gasteiger partial charge in [-0.05, 0) is 76.9 Å². The summed E-state index contributed by atoms with van der Waals surface area (Å²) in [7, 11) is -3.48. The van der Waals surface area contributed by atoms with Crippen LogP contribution in [0, 0.1) is 9.49 Å². The van der Waals surface area contributed by atoms with E-state index in [2.05, 4.69) is 32.6 Å². The first-order valence-electron chi connectivity index (χ1n) is 8.40. The molecule has 0 spiro atoms. The van der Waals surface area contributed by atoms with Crippen molar-refractivity contribution >= 4 is 44.2 Å². The minimum Gasteiger partial charge on any atom is -0.326 e. The van der Waals surface area contributed by atoms with Gasteiger partial charge >= 0.3 is 0 Å². The Hall–Kier alpha value is -1.45. The number of anilines is 1. The van der Waals surface area contributed by atoms with Crippen molar-refractivity contribution in [1.82, 2.24) is 4.72 Å². The number of benzene rings is 2. The number of rotatable bonds is 8. The fourth-order valence-electron chi connectivity index (χ4n) is 2.21. The summed E-state index contributed by atoms with van der Waals surface area (Å²) in [6.45, 7) is 4.31. The predicted molar refractivity (Wildman–Crippen MR) is 113 cm³/mol. The van der Waals surface area contributed by atoms with E-state index < -0.39 is 10.0 Å². The smallest absolute Gasteiger partial charge is 0.240 e. The lowest BCUT2D eigenvalue weighted by Gasteiger charge is -2.09. The number of hydrogen-bond donors (Lipinski definition) is 2. The van der Waals surface area contributed by atoms with Gasteiger partial charge in [-0.15, -0.1) is 0 Å². The molecular weight excluding hydrogens is 463 g/mol. The lowest BCUT2D eigenvalue weighted by molar-refractivity contribution is -0.116. The zero-order valence-corrected chi connectivity index (χ0v) is 17.8. The quantitative estimate of drug-likeness (QED) is 0.558. The molecule has 0 atom stereocenters. The third kappa shape index (κ3) is 6.69. The summed E-state index contributed by atoms with van der Waals surface area (Å²) in [5, 5.41) is 2.85. The van der Waals surface area contributed by atoms with E-state index in [0.717, 1.165) is 14.8 Å². The highest BCUT2D eigenvalue weighted by Crippen LogP contribution is 2.14. The number of hydrogen-bond acceptors (Lipinski definition) is 3. The standard InChI is InChI=1S/C19H23IN2O3S/c1-14(2)13-21-26(24,25)18-10-3-15(4-11-18)5-12-19(23)22-17-8-6-16(20)7-9-17/h3-4,6-11,14,21H,5,12-13H2,1-2H3,(H,22,23). The summed E-state index contributed by atoms with van der Waals surface area (Å²) < 4.78 is 28.0. The van der Waals surface area contributed by atoms with Crippen LogP contribution in [0.25, 0.3) is 0 Å². The van der Waals surface area contributed by atoms with Crippen LogP contribution in [0.2, 0.25) is 0 Å². The van der Waals surface area contributed by atoms with Crippen LogP contribution in [-0.2, 0) is 21.2 Å². The molecule has 0 aromatic heterocycles. The van der Waals surface area contributed by atoms with E-state index in [1.165, 1.54) is 0 Å². The second-order valence-corrected chi connectivity index (χ2v) is 9.46. The molecule has 2 aromatic rings. The molecule has 0 saturated heterocycles. The number of carbonyl (C=O) groups excluding carboxylic acids is 1. The van der Waals surface area contributed by atoms with Gasteiger partial charge in [-0.25, -0.2) is 13.1 Å². The van der Waals surface area contributed by atoms with Crippen molar-refractivity contribution in [3.8, 4) is 0 Å². The Labute approximate surface area is 168 Å². The van der Waals surface area contributed by atoms with Crippen molar-refractivity contribution in [2.24, 2.45) is 5.92 Å². The number of aryl methyl sites for hydroxylation is 1. The first-order chi connectivity index (χ1) is 12.3. The molecule has 0 aliphatic rings. The van der Waals surface area contributed by atoms with Gasteiger partial charge in [-0.1, -0.05) is 26.0 Å². The lowest BCUT2D eigenvalue weighted by Crippen LogP contribution is -2.27. The second-order valence-electron chi connectivity index (χ2n) is 6.44. The monoisotopic (exact) mass is 486 g/mol. The third-order valence-corrected chi connectivity index (χ3v) is 5.84. The van der Waals surface area contributed by atoms with Gasteiger partial charge in [0.1, 0.15) is 0 Å². The molecule has 2 rings (SSSR count). The zero-order valence-electron chi connectivity index (χ0n) is 14.8. The van der Waals surface area contributed by atoms with Crippen molar-refractivity contribution in [2.45, 2.75) is 31.6 Å². The van der Waals surface area contributed by atoms with E-state index >= 15 is 0 Å². The highest BCUT2D eigenvalue weighted by Gasteiger charge is 2.14. The first kappa shape index (κ1) is 20.9. The van der Waals surface area contributed by atoms with Crippen LogP contribution >= 0.6 is 22.6 Å². The van der Waals surface area contributed by atoms with Gasteiger partial charge in [-0.3, -0.25) is 4.79 Å². The molecule has 2 N–H and O–H groups in total. The predicted octanol–water partition coefficient (Wildman–Crippen LogP) is 3.80. The van der Waals surface area contributed by atoms with E-state index in [4.69, 9.17) is 0 Å². The molecule has 0 unspecified atom stereocenters. The Morgan fingerprint density at radius 1 is 1.04 bits per heavy atom. The normalized spacial score (nSPS) is 11.5. The van der Waals surface area contributed by atoms with Crippen LogP contribution in [0.5, 0.6) is 0 Å². The van der Waals surface area contributed by atoms with Gasteiger partial charge in [-0.2, -0.15) is 0 Å². The first-order valence-corrected chi connectivity index (χ1v) is 11.0. The molecular formula is C19H23IN2O3S. The van der Waals surface area contributed by atoms with Gasteiger partial charge < -0.3 is 5.32 Å². The largest absolute Gasteiger partial charge is 0.326 e. The summed E-state index contributed by atoms with van der Waals surface area (Å²) in [4.78, 5) is 12.3. The van der Waals surface area contributed by atoms with Crippen molar-refractivity contribution in [1.29, 1.82) is 0 Å². The van der Waals surface area contributed by atoms with Crippen molar-refractivity contribution in [3.63, 3.8) is 0 Å². The Balaban J connectivity index is 1.88. The molecule has 0 aliphatic heterocycles. The van der Waals surface area contributed by atoms with Crippen LogP contribution < -0.4 is 10.0 Å². The van der Waals surface area contributed by atoms with Crippen LogP contribution in [0.1, 0.15) is 25.8 Å². The Bertz CT molecular complexity index is 832. The van der Waals surface area contributed by atoms with E-state index in [1.807, 2.05) is 38.1 Å². The van der Waals surface area contributed by atoms with Crippen LogP contribution in [0.4, 0.5) is 5.69 Å². The minimum atomic E-state index is -3.48. The number of nitrogens with one attached hydrogen (secondary N) is 2. The molecule has 0 fully saturated rings. The highest BCUT2D eigenvalue weighted by atomic mass is 127. The fraction of sp³-hybridized carbons (Fsp3) is 0.316. The van der Waals surface area contributed by atoms with Crippen molar-refractivity contribution < 1.29 is 13.2 Å². The van der Waals surface area contributed by atoms with Gasteiger partial charge in [0, 0.05) is 22.2 Å². The number of carbonyl (C=O) groups is 1. The molecule has 5 nitrogen and oxygen atoms in total. The Morgan fingerprint density at radius 2 is 1.65 bits per heavy atom. The third-order valence-electron chi connectivity index (χ3n) is 3.68. The second kappa shape index (κ2) is 9.48. The fourth-order valence-corrected chi connectivity index (χ4v) is 3.78. The topological polar surface area (TPSA) is 75.3 Å². The molecule has 7 heteroatoms. The van der Waals surface area contributed by atoms with Gasteiger partial charge in [0.15, 0.2) is 0 Å². The van der Waals surface area contributed by atoms with E-state index in [9.17, 15) is 13.2 Å². The maximum absolute atomic E-state index is 12.2. The molecule has 1 amide bonds. The minimum absolute atomic E-state index is 0.0680. The lowest BCUT2D eigenvalue weighted by atomic mass is 10.1. The molecule has 2 aromatic carbocycles. The molecule has 0 heterocycles. The Kier molecular flexibility index (Phi) is 7.60. The summed E-state index contributed by atoms with van der Waals surface area (Å²) >= 11 is 2.21. The van der Waals surface area contributed by atoms with Crippen LogP contribution in [0.3, 0.4) is 0 Å². The summed E-state index contributed by atoms with van der Waals surface area (Å²) in [6.07, 6.45) is 0.889. The molecule has 140 valence electrons. The van der Waals surface area contributed by atoms with Crippen molar-refractivity contribution in [3.05, 3.63) is 57.7 Å². The van der Waals surface area contributed by atoms with Crippen LogP contribution in [0.15, 0.2) is 53.4 Å². The summed E-state index contributed by atoms with van der Waals surface area (Å²) in [5.74, 6) is 0.178. The average Bonchev–Trinajstić information content (AvgIpc) is 2.61. The summed E-state index contributed by atoms with van der Waals surface area (Å²) in [6, 6.07) is 14.3. The highest BCUT2D eigenvalue weighted by molar-refractivity contribution is 14.1. The van der Waals surface area contributed by atoms with Gasteiger partial charge in [0.2, 0.25) is 15.9 Å². The average molecular weight is 486 g/mol. The summed E-state index contributed by atoms with van der Waals surface area (Å²) in [5.41, 5.74) is 1.69. The molecule has 0 bridgehead atoms. The van der Waals surface area contributed by atoms with E-state index in [0.29, 0.717) is 19.4 Å². The van der Waals surface area contributed by atoms with Crippen LogP contribution in [-0.4, -0.2) is 20.9 Å². The van der Waals surface area contributed by atoms with Gasteiger partial charge in [0.25, 0.3) is 0 Å². The molecule has 0 radical (unpaired) electrons. The Morgan fingerprint density at radius 3 is 2.23 bits per heavy atom. The van der Waals surface area contributed by atoms with Gasteiger partial charge in [0.05, 0.1) is 4.90 Å². The molecule has 0 aliphatic carbocycles. The zero-order chi connectivity index (χ0) is 19.2. The maximum atomic E-state index is 12.2. The van der Waals surface area contributed by atoms with Crippen molar-refractivity contribution in [2.75, 3.05) is 11.9 Å². The molecule has 26 heavy (non-hydrogen) atoms.